The Bertz CT molecular complexity index is 1190. The number of hydrogen-bond acceptors (Lipinski definition) is 6. The predicted molar refractivity (Wildman–Crippen MR) is 97.4 cm³/mol. The second-order valence-corrected chi connectivity index (χ2v) is 6.15. The number of nitrogens with one attached hydrogen (secondary N) is 1. The fourth-order valence-corrected chi connectivity index (χ4v) is 2.72. The summed E-state index contributed by atoms with van der Waals surface area (Å²) in [6.07, 6.45) is 3.18. The van der Waals surface area contributed by atoms with E-state index in [1.54, 1.807) is 32.3 Å². The van der Waals surface area contributed by atoms with Gasteiger partial charge < -0.3 is 10.1 Å². The molecule has 0 fully saturated rings. The van der Waals surface area contributed by atoms with Crippen LogP contribution in [0.15, 0.2) is 36.7 Å². The Hall–Kier alpha value is -3.89. The van der Waals surface area contributed by atoms with Gasteiger partial charge in [-0.25, -0.2) is 23.0 Å². The third-order valence-corrected chi connectivity index (χ3v) is 4.18. The lowest BCUT2D eigenvalue weighted by Crippen LogP contribution is -2.15. The van der Waals surface area contributed by atoms with Crippen LogP contribution in [0.2, 0.25) is 0 Å². The fraction of sp³-hybridized carbons (Fsp3) is 0.167. The standard InChI is InChI=1S/C18H15F2N7O2/c1-10-15(22-17(28)16-23-18-21-6-3-7-26(18)25-16)11(2)27(24-10)9-29-14-5-4-12(19)8-13(14)20/h3-8H,9H2,1-2H3,(H,22,28). The first kappa shape index (κ1) is 18.5. The number of fused-ring (bicyclic) bond motifs is 1. The van der Waals surface area contributed by atoms with E-state index in [0.29, 0.717) is 22.9 Å². The van der Waals surface area contributed by atoms with Crippen molar-refractivity contribution < 1.29 is 18.3 Å². The normalized spacial score (nSPS) is 11.0. The number of halogens is 2. The Balaban J connectivity index is 1.51. The van der Waals surface area contributed by atoms with Crippen molar-refractivity contribution in [2.75, 3.05) is 5.32 Å². The van der Waals surface area contributed by atoms with Gasteiger partial charge in [0.25, 0.3) is 11.7 Å². The minimum atomic E-state index is -0.813. The molecule has 0 bridgehead atoms. The highest BCUT2D eigenvalue weighted by atomic mass is 19.1. The molecule has 0 saturated carbocycles. The third kappa shape index (κ3) is 3.61. The molecule has 29 heavy (non-hydrogen) atoms. The van der Waals surface area contributed by atoms with Crippen molar-refractivity contribution in [1.29, 1.82) is 0 Å². The molecular formula is C18H15F2N7O2. The molecule has 9 nitrogen and oxygen atoms in total. The van der Waals surface area contributed by atoms with Gasteiger partial charge in [0.2, 0.25) is 5.82 Å². The smallest absolute Gasteiger partial charge is 0.295 e. The molecule has 1 N–H and O–H groups in total. The molecule has 0 atom stereocenters. The summed E-state index contributed by atoms with van der Waals surface area (Å²) in [5.41, 5.74) is 1.58. The lowest BCUT2D eigenvalue weighted by Gasteiger charge is -2.09. The van der Waals surface area contributed by atoms with Crippen LogP contribution in [0.1, 0.15) is 22.0 Å². The Morgan fingerprint density at radius 2 is 2.07 bits per heavy atom. The lowest BCUT2D eigenvalue weighted by molar-refractivity contribution is 0.101. The first-order chi connectivity index (χ1) is 13.9. The lowest BCUT2D eigenvalue weighted by atomic mass is 10.3. The van der Waals surface area contributed by atoms with Crippen molar-refractivity contribution in [2.45, 2.75) is 20.6 Å². The van der Waals surface area contributed by atoms with Gasteiger partial charge in [-0.05, 0) is 32.0 Å². The topological polar surface area (TPSA) is 99.2 Å². The van der Waals surface area contributed by atoms with E-state index >= 15 is 0 Å². The van der Waals surface area contributed by atoms with E-state index < -0.39 is 17.5 Å². The van der Waals surface area contributed by atoms with E-state index in [4.69, 9.17) is 4.74 Å². The maximum absolute atomic E-state index is 13.7. The van der Waals surface area contributed by atoms with Crippen LogP contribution in [0.5, 0.6) is 5.75 Å². The summed E-state index contributed by atoms with van der Waals surface area (Å²) < 4.78 is 34.9. The second kappa shape index (κ2) is 7.26. The fourth-order valence-electron chi connectivity index (χ4n) is 2.72. The summed E-state index contributed by atoms with van der Waals surface area (Å²) in [5, 5.41) is 11.1. The van der Waals surface area contributed by atoms with Crippen molar-refractivity contribution >= 4 is 17.4 Å². The van der Waals surface area contributed by atoms with E-state index in [2.05, 4.69) is 25.5 Å². The van der Waals surface area contributed by atoms with E-state index in [9.17, 15) is 13.6 Å². The number of carbonyl (C=O) groups is 1. The Labute approximate surface area is 163 Å². The van der Waals surface area contributed by atoms with Crippen LogP contribution in [-0.2, 0) is 6.73 Å². The molecule has 3 heterocycles. The average molecular weight is 399 g/mol. The summed E-state index contributed by atoms with van der Waals surface area (Å²) >= 11 is 0. The van der Waals surface area contributed by atoms with Gasteiger partial charge >= 0.3 is 0 Å². The quantitative estimate of drug-likeness (QED) is 0.554. The third-order valence-electron chi connectivity index (χ3n) is 4.18. The molecule has 1 amide bonds. The molecule has 11 heteroatoms. The molecule has 0 saturated heterocycles. The Morgan fingerprint density at radius 1 is 1.24 bits per heavy atom. The van der Waals surface area contributed by atoms with Gasteiger partial charge in [0.1, 0.15) is 5.82 Å². The van der Waals surface area contributed by atoms with Gasteiger partial charge in [-0.15, -0.1) is 5.10 Å². The number of amides is 1. The average Bonchev–Trinajstić information content (AvgIpc) is 3.24. The molecule has 0 spiro atoms. The molecule has 1 aromatic carbocycles. The summed E-state index contributed by atoms with van der Waals surface area (Å²) in [6, 6.07) is 4.70. The predicted octanol–water partition coefficient (Wildman–Crippen LogP) is 2.50. The largest absolute Gasteiger partial charge is 0.468 e. The van der Waals surface area contributed by atoms with Crippen LogP contribution in [0.3, 0.4) is 0 Å². The van der Waals surface area contributed by atoms with Gasteiger partial charge in [-0.1, -0.05) is 0 Å². The van der Waals surface area contributed by atoms with E-state index in [1.165, 1.54) is 15.3 Å². The number of ether oxygens (including phenoxy) is 1. The summed E-state index contributed by atoms with van der Waals surface area (Å²) in [4.78, 5) is 20.6. The minimum absolute atomic E-state index is 0.0418. The molecule has 0 aliphatic carbocycles. The van der Waals surface area contributed by atoms with Gasteiger partial charge in [0.05, 0.1) is 17.1 Å². The molecule has 0 radical (unpaired) electrons. The molecular weight excluding hydrogens is 384 g/mol. The van der Waals surface area contributed by atoms with Crippen molar-refractivity contribution in [3.05, 3.63) is 65.5 Å². The first-order valence-corrected chi connectivity index (χ1v) is 8.53. The van der Waals surface area contributed by atoms with Crippen LogP contribution < -0.4 is 10.1 Å². The minimum Gasteiger partial charge on any atom is -0.468 e. The van der Waals surface area contributed by atoms with Crippen LogP contribution in [0.25, 0.3) is 5.78 Å². The molecule has 148 valence electrons. The van der Waals surface area contributed by atoms with E-state index in [-0.39, 0.29) is 18.3 Å². The second-order valence-electron chi connectivity index (χ2n) is 6.15. The van der Waals surface area contributed by atoms with Gasteiger partial charge in [0.15, 0.2) is 18.3 Å². The molecule has 3 aromatic heterocycles. The molecule has 0 aliphatic heterocycles. The number of benzene rings is 1. The molecule has 4 rings (SSSR count). The monoisotopic (exact) mass is 399 g/mol. The Morgan fingerprint density at radius 3 is 2.83 bits per heavy atom. The van der Waals surface area contributed by atoms with Crippen molar-refractivity contribution in [3.8, 4) is 5.75 Å². The Kier molecular flexibility index (Phi) is 4.63. The van der Waals surface area contributed by atoms with Crippen molar-refractivity contribution in [3.63, 3.8) is 0 Å². The summed E-state index contributed by atoms with van der Waals surface area (Å²) in [5.74, 6) is -1.87. The van der Waals surface area contributed by atoms with Crippen LogP contribution >= 0.6 is 0 Å². The first-order valence-electron chi connectivity index (χ1n) is 8.53. The number of rotatable bonds is 5. The number of nitrogens with zero attached hydrogens (tertiary/aromatic N) is 6. The van der Waals surface area contributed by atoms with Crippen LogP contribution in [0, 0.1) is 25.5 Å². The zero-order valence-corrected chi connectivity index (χ0v) is 15.4. The van der Waals surface area contributed by atoms with Gasteiger partial charge in [-0.2, -0.15) is 10.1 Å². The number of aryl methyl sites for hydroxylation is 1. The maximum atomic E-state index is 13.7. The summed E-state index contributed by atoms with van der Waals surface area (Å²) in [7, 11) is 0. The number of aromatic nitrogens is 6. The SMILES string of the molecule is Cc1nn(COc2ccc(F)cc2F)c(C)c1NC(=O)c1nc2ncccn2n1. The number of hydrogen-bond donors (Lipinski definition) is 1. The van der Waals surface area contributed by atoms with Gasteiger partial charge in [0, 0.05) is 18.5 Å². The van der Waals surface area contributed by atoms with E-state index in [0.717, 1.165) is 12.1 Å². The highest BCUT2D eigenvalue weighted by Crippen LogP contribution is 2.22. The van der Waals surface area contributed by atoms with E-state index in [1.807, 2.05) is 0 Å². The number of anilines is 1. The van der Waals surface area contributed by atoms with Crippen LogP contribution in [-0.4, -0.2) is 35.3 Å². The molecule has 0 unspecified atom stereocenters. The zero-order chi connectivity index (χ0) is 20.5. The maximum Gasteiger partial charge on any atom is 0.295 e. The molecule has 0 aliphatic rings. The highest BCUT2D eigenvalue weighted by Gasteiger charge is 2.19. The van der Waals surface area contributed by atoms with Crippen LogP contribution in [0.4, 0.5) is 14.5 Å². The van der Waals surface area contributed by atoms with Crippen molar-refractivity contribution in [1.82, 2.24) is 29.4 Å². The summed E-state index contributed by atoms with van der Waals surface area (Å²) in [6.45, 7) is 3.30. The van der Waals surface area contributed by atoms with Gasteiger partial charge in [-0.3, -0.25) is 4.79 Å². The number of carbonyl (C=O) groups excluding carboxylic acids is 1. The molecule has 4 aromatic rings. The zero-order valence-electron chi connectivity index (χ0n) is 15.4. The highest BCUT2D eigenvalue weighted by molar-refractivity contribution is 6.02. The van der Waals surface area contributed by atoms with Crippen molar-refractivity contribution in [2.24, 2.45) is 0 Å².